The first-order valence-electron chi connectivity index (χ1n) is 13.4. The third kappa shape index (κ3) is 6.33. The molecule has 1 aromatic rings. The van der Waals surface area contributed by atoms with Crippen LogP contribution in [-0.2, 0) is 28.5 Å². The molecule has 0 N–H and O–H groups in total. The van der Waals surface area contributed by atoms with E-state index in [1.54, 1.807) is 7.11 Å². The highest BCUT2D eigenvalue weighted by atomic mass is 16.7. The van der Waals surface area contributed by atoms with Gasteiger partial charge in [0.15, 0.2) is 12.6 Å². The van der Waals surface area contributed by atoms with Crippen molar-refractivity contribution in [2.45, 2.75) is 82.6 Å². The minimum atomic E-state index is -0.281. The Balaban J connectivity index is 1.30. The highest BCUT2D eigenvalue weighted by Crippen LogP contribution is 2.47. The van der Waals surface area contributed by atoms with Gasteiger partial charge in [-0.3, -0.25) is 4.79 Å². The molecular weight excluding hydrogens is 464 g/mol. The summed E-state index contributed by atoms with van der Waals surface area (Å²) in [5.74, 6) is 2.21. The Bertz CT molecular complexity index is 872. The van der Waals surface area contributed by atoms with E-state index >= 15 is 0 Å². The minimum absolute atomic E-state index is 0.0310. The molecule has 8 heteroatoms. The van der Waals surface area contributed by atoms with Crippen LogP contribution in [0, 0.1) is 11.8 Å². The number of benzene rings is 1. The van der Waals surface area contributed by atoms with Crippen molar-refractivity contribution in [3.05, 3.63) is 36.1 Å². The van der Waals surface area contributed by atoms with Crippen LogP contribution in [0.5, 0.6) is 11.5 Å². The van der Waals surface area contributed by atoms with Gasteiger partial charge in [-0.2, -0.15) is 0 Å². The van der Waals surface area contributed by atoms with E-state index in [0.29, 0.717) is 32.5 Å². The summed E-state index contributed by atoms with van der Waals surface area (Å²) in [6.07, 6.45) is 9.06. The van der Waals surface area contributed by atoms with Crippen molar-refractivity contribution in [2.75, 3.05) is 26.9 Å². The molecule has 6 atom stereocenters. The van der Waals surface area contributed by atoms with Gasteiger partial charge in [-0.05, 0) is 62.4 Å². The fourth-order valence-electron chi connectivity index (χ4n) is 5.68. The highest BCUT2D eigenvalue weighted by molar-refractivity contribution is 5.72. The topological polar surface area (TPSA) is 81.7 Å². The van der Waals surface area contributed by atoms with Crippen LogP contribution in [0.15, 0.2) is 36.1 Å². The van der Waals surface area contributed by atoms with Crippen molar-refractivity contribution in [1.29, 1.82) is 0 Å². The van der Waals surface area contributed by atoms with Gasteiger partial charge < -0.3 is 33.2 Å². The van der Waals surface area contributed by atoms with Crippen LogP contribution in [0.25, 0.3) is 0 Å². The number of rotatable bonds is 10. The summed E-state index contributed by atoms with van der Waals surface area (Å²) in [6.45, 7) is 1.92. The van der Waals surface area contributed by atoms with E-state index in [0.717, 1.165) is 62.4 Å². The van der Waals surface area contributed by atoms with Gasteiger partial charge in [-0.1, -0.05) is 0 Å². The summed E-state index contributed by atoms with van der Waals surface area (Å²) >= 11 is 0. The molecule has 0 aromatic heterocycles. The zero-order chi connectivity index (χ0) is 24.7. The van der Waals surface area contributed by atoms with E-state index in [2.05, 4.69) is 6.08 Å². The summed E-state index contributed by atoms with van der Waals surface area (Å²) in [7, 11) is 1.64. The monoisotopic (exact) mass is 502 g/mol. The van der Waals surface area contributed by atoms with Crippen LogP contribution in [0.1, 0.15) is 57.8 Å². The van der Waals surface area contributed by atoms with Crippen molar-refractivity contribution in [3.8, 4) is 11.5 Å². The Morgan fingerprint density at radius 1 is 1.00 bits per heavy atom. The molecule has 2 unspecified atom stereocenters. The highest BCUT2D eigenvalue weighted by Gasteiger charge is 2.53. The molecule has 3 saturated heterocycles. The van der Waals surface area contributed by atoms with Gasteiger partial charge in [0, 0.05) is 37.7 Å². The van der Waals surface area contributed by atoms with Crippen LogP contribution >= 0.6 is 0 Å². The molecule has 0 bridgehead atoms. The Morgan fingerprint density at radius 3 is 2.42 bits per heavy atom. The molecule has 1 aromatic carbocycles. The first kappa shape index (κ1) is 25.4. The van der Waals surface area contributed by atoms with Crippen molar-refractivity contribution >= 4 is 5.97 Å². The van der Waals surface area contributed by atoms with Crippen LogP contribution in [0.2, 0.25) is 0 Å². The van der Waals surface area contributed by atoms with E-state index in [1.807, 2.05) is 24.3 Å². The molecule has 3 heterocycles. The maximum Gasteiger partial charge on any atom is 0.306 e. The molecule has 1 aliphatic carbocycles. The average molecular weight is 503 g/mol. The summed E-state index contributed by atoms with van der Waals surface area (Å²) in [4.78, 5) is 12.2. The number of hydrogen-bond donors (Lipinski definition) is 0. The quantitative estimate of drug-likeness (QED) is 0.258. The van der Waals surface area contributed by atoms with Crippen molar-refractivity contribution < 1.29 is 38.0 Å². The summed E-state index contributed by atoms with van der Waals surface area (Å²) in [5.41, 5.74) is 0. The third-order valence-corrected chi connectivity index (χ3v) is 7.48. The van der Waals surface area contributed by atoms with E-state index < -0.39 is 0 Å². The zero-order valence-electron chi connectivity index (χ0n) is 21.1. The third-order valence-electron chi connectivity index (χ3n) is 7.48. The van der Waals surface area contributed by atoms with Crippen molar-refractivity contribution in [1.82, 2.24) is 0 Å². The molecule has 0 radical (unpaired) electrons. The van der Waals surface area contributed by atoms with Gasteiger partial charge in [-0.25, -0.2) is 0 Å². The van der Waals surface area contributed by atoms with E-state index in [-0.39, 0.29) is 42.6 Å². The smallest absolute Gasteiger partial charge is 0.306 e. The zero-order valence-corrected chi connectivity index (χ0v) is 21.1. The van der Waals surface area contributed by atoms with Crippen LogP contribution in [0.3, 0.4) is 0 Å². The first-order valence-corrected chi connectivity index (χ1v) is 13.4. The molecule has 198 valence electrons. The fraction of sp³-hybridized carbons (Fsp3) is 0.679. The Kier molecular flexibility index (Phi) is 8.67. The molecule has 36 heavy (non-hydrogen) atoms. The van der Waals surface area contributed by atoms with E-state index in [1.165, 1.54) is 0 Å². The molecule has 3 aliphatic heterocycles. The van der Waals surface area contributed by atoms with Gasteiger partial charge in [0.05, 0.1) is 32.8 Å². The fourth-order valence-corrected chi connectivity index (χ4v) is 5.68. The average Bonchev–Trinajstić information content (AvgIpc) is 3.42. The Morgan fingerprint density at radius 2 is 1.72 bits per heavy atom. The normalized spacial score (nSPS) is 32.6. The molecule has 4 fully saturated rings. The summed E-state index contributed by atoms with van der Waals surface area (Å²) < 4.78 is 41.6. The Hall–Kier alpha value is -2.29. The van der Waals surface area contributed by atoms with Gasteiger partial charge in [-0.15, -0.1) is 0 Å². The van der Waals surface area contributed by atoms with Crippen molar-refractivity contribution in [3.63, 3.8) is 0 Å². The maximum absolute atomic E-state index is 12.2. The van der Waals surface area contributed by atoms with Crippen LogP contribution in [0.4, 0.5) is 0 Å². The predicted molar refractivity (Wildman–Crippen MR) is 130 cm³/mol. The Labute approximate surface area is 213 Å². The maximum atomic E-state index is 12.2. The molecule has 8 nitrogen and oxygen atoms in total. The lowest BCUT2D eigenvalue weighted by Crippen LogP contribution is -2.34. The minimum Gasteiger partial charge on any atom is -0.497 e. The second kappa shape index (κ2) is 12.3. The predicted octanol–water partition coefficient (Wildman–Crippen LogP) is 4.75. The number of ether oxygens (including phenoxy) is 7. The van der Waals surface area contributed by atoms with Gasteiger partial charge >= 0.3 is 5.97 Å². The van der Waals surface area contributed by atoms with Crippen LogP contribution in [-0.4, -0.2) is 57.7 Å². The summed E-state index contributed by atoms with van der Waals surface area (Å²) in [6, 6.07) is 7.55. The first-order chi connectivity index (χ1) is 17.7. The second-order valence-electron chi connectivity index (χ2n) is 9.96. The lowest BCUT2D eigenvalue weighted by Gasteiger charge is -2.33. The number of hydrogen-bond acceptors (Lipinski definition) is 8. The number of carbonyl (C=O) groups excluding carboxylic acids is 1. The molecule has 5 rings (SSSR count). The van der Waals surface area contributed by atoms with Crippen LogP contribution < -0.4 is 9.47 Å². The molecular formula is C28H38O8. The number of carbonyl (C=O) groups is 1. The molecule has 0 amide bonds. The van der Waals surface area contributed by atoms with Crippen molar-refractivity contribution in [2.24, 2.45) is 11.8 Å². The van der Waals surface area contributed by atoms with Gasteiger partial charge in [0.2, 0.25) is 0 Å². The number of esters is 1. The molecule has 4 aliphatic rings. The lowest BCUT2D eigenvalue weighted by molar-refractivity contribution is -0.201. The largest absolute Gasteiger partial charge is 0.497 e. The second-order valence-corrected chi connectivity index (χ2v) is 9.96. The van der Waals surface area contributed by atoms with Gasteiger partial charge in [0.25, 0.3) is 0 Å². The number of methoxy groups -OCH3 is 1. The molecule has 0 spiro atoms. The van der Waals surface area contributed by atoms with E-state index in [9.17, 15) is 4.79 Å². The van der Waals surface area contributed by atoms with E-state index in [4.69, 9.17) is 33.2 Å². The SMILES string of the molecule is COc1ccc(OCC/C=C(/OC2CCCCO2)[C@H]2[C@@H]3CC(=O)O[C@@H]3C[C@H]2OC2CCCCO2)cc1. The lowest BCUT2D eigenvalue weighted by atomic mass is 9.89. The molecule has 1 saturated carbocycles. The standard InChI is InChI=1S/C28H38O8/c1-30-19-10-12-20(13-11-19)31-16-6-7-22(35-26-8-2-4-14-32-26)28-21-17-25(29)34-23(21)18-24(28)36-27-9-3-5-15-33-27/h7,10-13,21,23-24,26-28H,2-6,8-9,14-18H2,1H3/b22-7+/t21-,23-,24-,26?,27?,28-/m1/s1. The number of fused-ring (bicyclic) bond motifs is 1. The summed E-state index contributed by atoms with van der Waals surface area (Å²) in [5, 5.41) is 0. The van der Waals surface area contributed by atoms with Gasteiger partial charge in [0.1, 0.15) is 23.4 Å².